The number of ether oxygens (including phenoxy) is 2. The molecule has 0 saturated heterocycles. The molecule has 2 aromatic carbocycles. The van der Waals surface area contributed by atoms with Crippen molar-refractivity contribution in [3.8, 4) is 17.2 Å². The zero-order valence-electron chi connectivity index (χ0n) is 23.1. The van der Waals surface area contributed by atoms with Crippen LogP contribution in [0.3, 0.4) is 0 Å². The number of hydrogen-bond acceptors (Lipinski definition) is 6. The Labute approximate surface area is 228 Å². The Morgan fingerprint density at radius 3 is 2.39 bits per heavy atom. The van der Waals surface area contributed by atoms with Gasteiger partial charge < -0.3 is 14.8 Å². The topological polar surface area (TPSA) is 85.7 Å². The van der Waals surface area contributed by atoms with E-state index >= 15 is 0 Å². The summed E-state index contributed by atoms with van der Waals surface area (Å²) in [7, 11) is 3.27. The standard InChI is InChI=1S/C29H36N4O4S/c1-18(2)30-23(34)16-32-24(35)17-38-26(21-10-8-9-11-22(21)37-7)25-27(29(3,4)5)31-33(28(25)32)19-12-14-20(36-6)15-13-19/h8-15,18,26H,16-17H2,1-7H3,(H,30,34)/t26-/m0/s1. The van der Waals surface area contributed by atoms with E-state index in [4.69, 9.17) is 14.6 Å². The summed E-state index contributed by atoms with van der Waals surface area (Å²) in [5.41, 5.74) is 3.15. The highest BCUT2D eigenvalue weighted by Gasteiger charge is 2.40. The molecule has 0 unspecified atom stereocenters. The van der Waals surface area contributed by atoms with Crippen molar-refractivity contribution >= 4 is 29.4 Å². The summed E-state index contributed by atoms with van der Waals surface area (Å²) in [6.07, 6.45) is 0. The van der Waals surface area contributed by atoms with Gasteiger partial charge in [0.1, 0.15) is 23.9 Å². The highest BCUT2D eigenvalue weighted by Crippen LogP contribution is 2.50. The maximum absolute atomic E-state index is 13.7. The van der Waals surface area contributed by atoms with Crippen LogP contribution in [0.2, 0.25) is 0 Å². The summed E-state index contributed by atoms with van der Waals surface area (Å²) in [5, 5.41) is 7.81. The molecule has 0 bridgehead atoms. The minimum Gasteiger partial charge on any atom is -0.497 e. The average molecular weight is 537 g/mol. The van der Waals surface area contributed by atoms with Crippen LogP contribution in [0.4, 0.5) is 5.82 Å². The summed E-state index contributed by atoms with van der Waals surface area (Å²) in [5.74, 6) is 1.90. The summed E-state index contributed by atoms with van der Waals surface area (Å²) in [6.45, 7) is 10.0. The fourth-order valence-electron chi connectivity index (χ4n) is 4.62. The highest BCUT2D eigenvalue weighted by atomic mass is 32.2. The molecule has 202 valence electrons. The highest BCUT2D eigenvalue weighted by molar-refractivity contribution is 8.00. The van der Waals surface area contributed by atoms with E-state index in [1.165, 1.54) is 11.8 Å². The van der Waals surface area contributed by atoms with E-state index in [-0.39, 0.29) is 40.8 Å². The predicted molar refractivity (Wildman–Crippen MR) is 152 cm³/mol. The molecular formula is C29H36N4O4S. The van der Waals surface area contributed by atoms with E-state index in [0.717, 1.165) is 34.0 Å². The fraction of sp³-hybridized carbons (Fsp3) is 0.414. The Hall–Kier alpha value is -3.46. The number of benzene rings is 2. The van der Waals surface area contributed by atoms with Crippen LogP contribution >= 0.6 is 11.8 Å². The van der Waals surface area contributed by atoms with Crippen molar-refractivity contribution < 1.29 is 19.1 Å². The molecule has 1 aromatic heterocycles. The van der Waals surface area contributed by atoms with Crippen molar-refractivity contribution in [1.82, 2.24) is 15.1 Å². The maximum atomic E-state index is 13.7. The Kier molecular flexibility index (Phi) is 8.06. The number of rotatable bonds is 7. The summed E-state index contributed by atoms with van der Waals surface area (Å²) >= 11 is 1.53. The van der Waals surface area contributed by atoms with Gasteiger partial charge in [-0.15, -0.1) is 11.8 Å². The van der Waals surface area contributed by atoms with E-state index < -0.39 is 0 Å². The number of aromatic nitrogens is 2. The number of para-hydroxylation sites is 1. The SMILES string of the molecule is COc1ccc(-n2nc(C(C)(C)C)c3c2N(CC(=O)NC(C)C)C(=O)CS[C@H]3c2ccccc2OC)cc1. The summed E-state index contributed by atoms with van der Waals surface area (Å²) < 4.78 is 12.9. The number of nitrogens with one attached hydrogen (secondary N) is 1. The molecule has 0 radical (unpaired) electrons. The van der Waals surface area contributed by atoms with Gasteiger partial charge in [0, 0.05) is 22.6 Å². The summed E-state index contributed by atoms with van der Waals surface area (Å²) in [6, 6.07) is 15.4. The maximum Gasteiger partial charge on any atom is 0.240 e. The lowest BCUT2D eigenvalue weighted by Gasteiger charge is -2.25. The van der Waals surface area contributed by atoms with Gasteiger partial charge in [0.15, 0.2) is 0 Å². The first-order valence-corrected chi connectivity index (χ1v) is 13.7. The van der Waals surface area contributed by atoms with Crippen LogP contribution in [0.5, 0.6) is 11.5 Å². The molecule has 9 heteroatoms. The number of amides is 2. The molecule has 1 atom stereocenters. The molecule has 0 fully saturated rings. The van der Waals surface area contributed by atoms with Crippen molar-refractivity contribution in [3.63, 3.8) is 0 Å². The van der Waals surface area contributed by atoms with Gasteiger partial charge in [-0.1, -0.05) is 39.0 Å². The minimum absolute atomic E-state index is 0.0450. The van der Waals surface area contributed by atoms with Crippen LogP contribution in [0.25, 0.3) is 5.69 Å². The van der Waals surface area contributed by atoms with Gasteiger partial charge in [0.2, 0.25) is 11.8 Å². The molecule has 1 aliphatic heterocycles. The van der Waals surface area contributed by atoms with Gasteiger partial charge in [-0.2, -0.15) is 5.10 Å². The first kappa shape index (κ1) is 27.6. The lowest BCUT2D eigenvalue weighted by atomic mass is 9.87. The number of hydrogen-bond donors (Lipinski definition) is 1. The molecule has 2 heterocycles. The van der Waals surface area contributed by atoms with Crippen molar-refractivity contribution in [3.05, 3.63) is 65.4 Å². The lowest BCUT2D eigenvalue weighted by Crippen LogP contribution is -2.44. The number of carbonyl (C=O) groups is 2. The van der Waals surface area contributed by atoms with E-state index in [9.17, 15) is 9.59 Å². The van der Waals surface area contributed by atoms with Crippen LogP contribution in [0.15, 0.2) is 48.5 Å². The molecular weight excluding hydrogens is 500 g/mol. The van der Waals surface area contributed by atoms with E-state index in [1.807, 2.05) is 62.4 Å². The second kappa shape index (κ2) is 11.1. The first-order valence-electron chi connectivity index (χ1n) is 12.7. The van der Waals surface area contributed by atoms with Crippen LogP contribution in [-0.2, 0) is 15.0 Å². The van der Waals surface area contributed by atoms with Crippen molar-refractivity contribution in [2.75, 3.05) is 31.4 Å². The molecule has 3 aromatic rings. The van der Waals surface area contributed by atoms with Gasteiger partial charge >= 0.3 is 0 Å². The Bertz CT molecular complexity index is 1310. The van der Waals surface area contributed by atoms with E-state index in [0.29, 0.717) is 5.82 Å². The van der Waals surface area contributed by atoms with Gasteiger partial charge in [0.05, 0.1) is 36.6 Å². The molecule has 0 saturated carbocycles. The number of thioether (sulfide) groups is 1. The number of carbonyl (C=O) groups excluding carboxylic acids is 2. The third-order valence-corrected chi connectivity index (χ3v) is 7.53. The molecule has 4 rings (SSSR count). The molecule has 0 spiro atoms. The molecule has 1 aliphatic rings. The number of fused-ring (bicyclic) bond motifs is 1. The number of anilines is 1. The van der Waals surface area contributed by atoms with Crippen molar-refractivity contribution in [2.45, 2.75) is 51.3 Å². The Balaban J connectivity index is 2.02. The second-order valence-electron chi connectivity index (χ2n) is 10.6. The average Bonchev–Trinajstić information content (AvgIpc) is 3.22. The van der Waals surface area contributed by atoms with E-state index in [2.05, 4.69) is 26.1 Å². The normalized spacial score (nSPS) is 15.7. The van der Waals surface area contributed by atoms with E-state index in [1.54, 1.807) is 23.8 Å². The zero-order valence-corrected chi connectivity index (χ0v) is 23.9. The third-order valence-electron chi connectivity index (χ3n) is 6.29. The van der Waals surface area contributed by atoms with Crippen molar-refractivity contribution in [1.29, 1.82) is 0 Å². The van der Waals surface area contributed by atoms with Crippen LogP contribution in [0, 0.1) is 0 Å². The lowest BCUT2D eigenvalue weighted by molar-refractivity contribution is -0.123. The van der Waals surface area contributed by atoms with Crippen LogP contribution < -0.4 is 19.7 Å². The van der Waals surface area contributed by atoms with Gasteiger partial charge in [-0.05, 0) is 44.2 Å². The van der Waals surface area contributed by atoms with Gasteiger partial charge in [-0.3, -0.25) is 14.5 Å². The van der Waals surface area contributed by atoms with Gasteiger partial charge in [0.25, 0.3) is 0 Å². The zero-order chi connectivity index (χ0) is 27.6. The Morgan fingerprint density at radius 2 is 1.79 bits per heavy atom. The predicted octanol–water partition coefficient (Wildman–Crippen LogP) is 4.88. The number of methoxy groups -OCH3 is 2. The monoisotopic (exact) mass is 536 g/mol. The Morgan fingerprint density at radius 1 is 1.11 bits per heavy atom. The quantitative estimate of drug-likeness (QED) is 0.463. The summed E-state index contributed by atoms with van der Waals surface area (Å²) in [4.78, 5) is 28.3. The molecule has 2 amide bonds. The van der Waals surface area contributed by atoms with Crippen molar-refractivity contribution in [2.24, 2.45) is 0 Å². The minimum atomic E-state index is -0.345. The molecule has 0 aliphatic carbocycles. The van der Waals surface area contributed by atoms with Crippen LogP contribution in [0.1, 0.15) is 56.7 Å². The van der Waals surface area contributed by atoms with Crippen LogP contribution in [-0.4, -0.2) is 54.2 Å². The van der Waals surface area contributed by atoms with Gasteiger partial charge in [-0.25, -0.2) is 4.68 Å². The molecule has 38 heavy (non-hydrogen) atoms. The second-order valence-corrected chi connectivity index (χ2v) is 11.7. The molecule has 8 nitrogen and oxygen atoms in total. The smallest absolute Gasteiger partial charge is 0.240 e. The fourth-order valence-corrected chi connectivity index (χ4v) is 5.84. The molecule has 1 N–H and O–H groups in total. The third kappa shape index (κ3) is 5.53. The first-order chi connectivity index (χ1) is 18.0. The largest absolute Gasteiger partial charge is 0.497 e. The number of nitrogens with zero attached hydrogens (tertiary/aromatic N) is 3.